The van der Waals surface area contributed by atoms with E-state index in [0.29, 0.717) is 0 Å². The summed E-state index contributed by atoms with van der Waals surface area (Å²) in [6.45, 7) is 24.5. The molecule has 0 saturated carbocycles. The van der Waals surface area contributed by atoms with Gasteiger partial charge < -0.3 is 10.2 Å². The van der Waals surface area contributed by atoms with E-state index in [0.717, 1.165) is 0 Å². The first-order chi connectivity index (χ1) is 7.06. The summed E-state index contributed by atoms with van der Waals surface area (Å²) < 4.78 is 0. The van der Waals surface area contributed by atoms with E-state index < -0.39 is 5.97 Å². The van der Waals surface area contributed by atoms with E-state index in [-0.39, 0.29) is 12.2 Å². The van der Waals surface area contributed by atoms with Gasteiger partial charge in [-0.15, -0.1) is 39.5 Å². The number of carboxylic acid groups (broad SMARTS) is 1. The molecule has 0 radical (unpaired) electrons. The summed E-state index contributed by atoms with van der Waals surface area (Å²) in [5.74, 6) is -0.935. The number of carbonyl (C=O) groups is 1. The first kappa shape index (κ1) is 29.2. The first-order valence-electron chi connectivity index (χ1n) is 4.05. The Hall–Kier alpha value is -1.61. The quantitative estimate of drug-likeness (QED) is 0.523. The molecule has 3 heteroatoms. The average Bonchev–Trinajstić information content (AvgIpc) is 2.27. The van der Waals surface area contributed by atoms with Crippen molar-refractivity contribution in [1.29, 1.82) is 0 Å². The van der Waals surface area contributed by atoms with Gasteiger partial charge in [-0.2, -0.15) is 0 Å². The fourth-order valence-electron chi connectivity index (χ4n) is 0. The molecule has 0 aliphatic carbocycles. The van der Waals surface area contributed by atoms with Crippen LogP contribution < -0.4 is 0 Å². The zero-order chi connectivity index (χ0) is 13.9. The highest BCUT2D eigenvalue weighted by Gasteiger charge is 1.90. The third-order valence-electron chi connectivity index (χ3n) is 0.365. The second kappa shape index (κ2) is 55.3. The number of hydrogen-bond acceptors (Lipinski definition) is 2. The van der Waals surface area contributed by atoms with Crippen molar-refractivity contribution in [2.75, 3.05) is 6.61 Å². The Morgan fingerprint density at radius 2 is 1.13 bits per heavy atom. The largest absolute Gasteiger partial charge is 0.478 e. The van der Waals surface area contributed by atoms with Gasteiger partial charge in [0.15, 0.2) is 0 Å². The van der Waals surface area contributed by atoms with Gasteiger partial charge in [-0.25, -0.2) is 4.79 Å². The molecule has 0 fully saturated rings. The predicted octanol–water partition coefficient (Wildman–Crippen LogP) is 3.05. The maximum atomic E-state index is 9.60. The molecule has 0 bridgehead atoms. The molecule has 0 aromatic carbocycles. The summed E-state index contributed by atoms with van der Waals surface area (Å²) in [5, 5.41) is 15.5. The normalized spacial score (nSPS) is 5.00. The van der Waals surface area contributed by atoms with Crippen molar-refractivity contribution in [3.05, 3.63) is 51.6 Å². The number of rotatable bonds is 1. The molecule has 0 atom stereocenters. The van der Waals surface area contributed by atoms with Crippen molar-refractivity contribution in [1.82, 2.24) is 0 Å². The van der Waals surface area contributed by atoms with Crippen LogP contribution in [0.2, 0.25) is 0 Å². The molecule has 2 N–H and O–H groups in total. The van der Waals surface area contributed by atoms with Crippen LogP contribution >= 0.6 is 0 Å². The Kier molecular flexibility index (Phi) is 108. The highest BCUT2D eigenvalue weighted by molar-refractivity contribution is 5.84. The summed E-state index contributed by atoms with van der Waals surface area (Å²) in [7, 11) is 0. The molecule has 0 aliphatic heterocycles. The lowest BCUT2D eigenvalue weighted by molar-refractivity contribution is -0.132. The van der Waals surface area contributed by atoms with E-state index >= 15 is 0 Å². The minimum absolute atomic E-state index is 0.176. The van der Waals surface area contributed by atoms with Gasteiger partial charge in [0.25, 0.3) is 0 Å². The lowest BCUT2D eigenvalue weighted by atomic mass is 10.4. The van der Waals surface area contributed by atoms with Gasteiger partial charge >= 0.3 is 5.97 Å². The molecule has 0 rings (SSSR count). The molecule has 0 aromatic rings. The average molecular weight is 216 g/mol. The van der Waals surface area contributed by atoms with Crippen molar-refractivity contribution < 1.29 is 15.0 Å². The van der Waals surface area contributed by atoms with Crippen LogP contribution in [-0.4, -0.2) is 22.8 Å². The van der Waals surface area contributed by atoms with Crippen molar-refractivity contribution >= 4 is 5.97 Å². The Morgan fingerprint density at radius 3 is 1.13 bits per heavy atom. The minimum atomic E-state index is -0.935. The lowest BCUT2D eigenvalue weighted by Gasteiger charge is -1.79. The number of aliphatic carboxylic acids is 1. The van der Waals surface area contributed by atoms with Gasteiger partial charge in [0, 0.05) is 12.2 Å². The smallest absolute Gasteiger partial charge is 0.330 e. The zero-order valence-electron chi connectivity index (χ0n) is 9.96. The van der Waals surface area contributed by atoms with Crippen LogP contribution in [0, 0.1) is 0 Å². The van der Waals surface area contributed by atoms with Crippen LogP contribution in [0.1, 0.15) is 13.8 Å². The topological polar surface area (TPSA) is 57.5 Å². The molecular weight excluding hydrogens is 192 g/mol. The number of aliphatic hydroxyl groups excluding tert-OH is 1. The van der Waals surface area contributed by atoms with Crippen molar-refractivity contribution in [2.45, 2.75) is 13.8 Å². The van der Waals surface area contributed by atoms with E-state index in [1.807, 2.05) is 0 Å². The summed E-state index contributed by atoms with van der Waals surface area (Å²) in [6.07, 6.45) is 0. The fourth-order valence-corrected chi connectivity index (χ4v) is 0. The van der Waals surface area contributed by atoms with E-state index in [1.165, 1.54) is 6.92 Å². The number of carboxylic acids is 1. The SMILES string of the molecule is C=C.C=C.C=C.C=C(C)C(=O)O.CCO. The van der Waals surface area contributed by atoms with Crippen molar-refractivity contribution in [3.8, 4) is 0 Å². The Bertz CT molecular complexity index is 114. The van der Waals surface area contributed by atoms with Gasteiger partial charge in [0.2, 0.25) is 0 Å². The van der Waals surface area contributed by atoms with E-state index in [2.05, 4.69) is 46.1 Å². The maximum absolute atomic E-state index is 9.60. The minimum Gasteiger partial charge on any atom is -0.478 e. The summed E-state index contributed by atoms with van der Waals surface area (Å²) >= 11 is 0. The van der Waals surface area contributed by atoms with Crippen LogP contribution in [0.5, 0.6) is 0 Å². The molecule has 3 nitrogen and oxygen atoms in total. The summed E-state index contributed by atoms with van der Waals surface area (Å²) in [4.78, 5) is 9.60. The second-order valence-electron chi connectivity index (χ2n) is 1.40. The molecule has 0 heterocycles. The summed E-state index contributed by atoms with van der Waals surface area (Å²) in [5.41, 5.74) is 0.176. The van der Waals surface area contributed by atoms with Crippen LogP contribution in [0.25, 0.3) is 0 Å². The predicted molar refractivity (Wildman–Crippen MR) is 69.0 cm³/mol. The van der Waals surface area contributed by atoms with Crippen LogP contribution in [0.4, 0.5) is 0 Å². The number of aliphatic hydroxyl groups is 1. The zero-order valence-corrected chi connectivity index (χ0v) is 9.96. The molecule has 0 aromatic heterocycles. The molecular formula is C12H24O3. The van der Waals surface area contributed by atoms with Crippen LogP contribution in [-0.2, 0) is 4.79 Å². The fraction of sp³-hybridized carbons (Fsp3) is 0.250. The van der Waals surface area contributed by atoms with E-state index in [9.17, 15) is 4.79 Å². The first-order valence-corrected chi connectivity index (χ1v) is 4.05. The van der Waals surface area contributed by atoms with Crippen molar-refractivity contribution in [3.63, 3.8) is 0 Å². The molecule has 0 spiro atoms. The van der Waals surface area contributed by atoms with E-state index in [1.54, 1.807) is 6.92 Å². The van der Waals surface area contributed by atoms with Gasteiger partial charge in [0.05, 0.1) is 0 Å². The highest BCUT2D eigenvalue weighted by Crippen LogP contribution is 1.81. The van der Waals surface area contributed by atoms with Gasteiger partial charge in [-0.3, -0.25) is 0 Å². The Balaban J connectivity index is -0.0000000318. The molecule has 0 saturated heterocycles. The summed E-state index contributed by atoms with van der Waals surface area (Å²) in [6, 6.07) is 0. The third kappa shape index (κ3) is 234. The third-order valence-corrected chi connectivity index (χ3v) is 0.365. The maximum Gasteiger partial charge on any atom is 0.330 e. The molecule has 0 amide bonds. The Labute approximate surface area is 93.8 Å². The number of hydrogen-bond donors (Lipinski definition) is 2. The van der Waals surface area contributed by atoms with Crippen molar-refractivity contribution in [2.24, 2.45) is 0 Å². The van der Waals surface area contributed by atoms with E-state index in [4.69, 9.17) is 10.2 Å². The standard InChI is InChI=1S/C4H6O2.C2H6O.3C2H4/c1-3(2)4(5)6;1-2-3;3*1-2/h1H2,2H3,(H,5,6);3H,2H2,1H3;3*1-2H2. The van der Waals surface area contributed by atoms with Gasteiger partial charge in [-0.05, 0) is 13.8 Å². The monoisotopic (exact) mass is 216 g/mol. The molecule has 0 aliphatic rings. The van der Waals surface area contributed by atoms with Crippen LogP contribution in [0.15, 0.2) is 51.6 Å². The molecule has 90 valence electrons. The second-order valence-corrected chi connectivity index (χ2v) is 1.40. The van der Waals surface area contributed by atoms with Gasteiger partial charge in [0.1, 0.15) is 0 Å². The molecule has 15 heavy (non-hydrogen) atoms. The Morgan fingerprint density at radius 1 is 1.07 bits per heavy atom. The molecule has 0 unspecified atom stereocenters. The highest BCUT2D eigenvalue weighted by atomic mass is 16.4. The lowest BCUT2D eigenvalue weighted by Crippen LogP contribution is -1.92. The van der Waals surface area contributed by atoms with Gasteiger partial charge in [-0.1, -0.05) is 6.58 Å². The van der Waals surface area contributed by atoms with Crippen LogP contribution in [0.3, 0.4) is 0 Å².